The summed E-state index contributed by atoms with van der Waals surface area (Å²) >= 11 is 0. The van der Waals surface area contributed by atoms with E-state index in [0.29, 0.717) is 29.6 Å². The van der Waals surface area contributed by atoms with Gasteiger partial charge in [0.1, 0.15) is 6.10 Å². The van der Waals surface area contributed by atoms with Gasteiger partial charge in [-0.2, -0.15) is 4.31 Å². The number of allylic oxidation sites excluding steroid dienone is 1. The highest BCUT2D eigenvalue weighted by atomic mass is 32.2. The van der Waals surface area contributed by atoms with E-state index in [1.54, 1.807) is 12.3 Å². The minimum Gasteiger partial charge on any atom is -0.494 e. The molecule has 0 bridgehead atoms. The van der Waals surface area contributed by atoms with Gasteiger partial charge in [0.2, 0.25) is 10.0 Å². The zero-order chi connectivity index (χ0) is 36.0. The third kappa shape index (κ3) is 9.19. The van der Waals surface area contributed by atoms with E-state index < -0.39 is 34.4 Å². The molecule has 3 heterocycles. The maximum absolute atomic E-state index is 14.3. The summed E-state index contributed by atoms with van der Waals surface area (Å²) in [6, 6.07) is 13.2. The normalized spacial score (nSPS) is 22.1. The van der Waals surface area contributed by atoms with Crippen LogP contribution in [0.2, 0.25) is 0 Å². The van der Waals surface area contributed by atoms with Crippen LogP contribution in [0.4, 0.5) is 4.79 Å². The SMILES string of the molecule is CC(C)CN(CC(O)C(Cc1ccccc1)NC(=O)OC1COC2OCCC12)S(=O)(=O)c1ccc2[nH]c(O)c(C=NCCC3=CCCCC3)c2c1. The summed E-state index contributed by atoms with van der Waals surface area (Å²) < 4.78 is 46.8. The van der Waals surface area contributed by atoms with Crippen LogP contribution in [0.25, 0.3) is 10.9 Å². The standard InChI is InChI=1S/C38H50N4O8S/c1-25(2)22-42(23-34(43)33(19-27-11-7-4-8-12-27)41-38(45)50-35-24-49-37-29(35)16-18-48-37)51(46,47)28-13-14-32-30(20-28)31(36(44)40-32)21-39-17-15-26-9-5-3-6-10-26/h4,7-9,11-14,20-21,25,29,33-35,37,40,43-44H,3,5-6,10,15-19,22-24H2,1-2H3,(H,41,45). The number of sulfonamides is 1. The summed E-state index contributed by atoms with van der Waals surface area (Å²) in [5.41, 5.74) is 3.26. The second-order valence-electron chi connectivity index (χ2n) is 14.2. The molecule has 0 spiro atoms. The first-order valence-corrected chi connectivity index (χ1v) is 19.5. The summed E-state index contributed by atoms with van der Waals surface area (Å²) in [6.45, 7) is 5.00. The van der Waals surface area contributed by atoms with Gasteiger partial charge in [0, 0.05) is 36.8 Å². The molecule has 276 valence electrons. The summed E-state index contributed by atoms with van der Waals surface area (Å²) in [4.78, 5) is 20.7. The molecule has 0 radical (unpaired) electrons. The van der Waals surface area contributed by atoms with Crippen LogP contribution in [0.15, 0.2) is 70.1 Å². The molecule has 2 saturated heterocycles. The summed E-state index contributed by atoms with van der Waals surface area (Å²) in [5.74, 6) is -0.204. The number of carbonyl (C=O) groups is 1. The van der Waals surface area contributed by atoms with E-state index in [9.17, 15) is 23.4 Å². The van der Waals surface area contributed by atoms with Gasteiger partial charge in [-0.1, -0.05) is 55.8 Å². The van der Waals surface area contributed by atoms with E-state index in [1.165, 1.54) is 34.9 Å². The Balaban J connectivity index is 1.20. The second kappa shape index (κ2) is 16.7. The average molecular weight is 723 g/mol. The zero-order valence-electron chi connectivity index (χ0n) is 29.4. The lowest BCUT2D eigenvalue weighted by Gasteiger charge is -2.31. The molecule has 1 aliphatic carbocycles. The quantitative estimate of drug-likeness (QED) is 0.122. The van der Waals surface area contributed by atoms with Crippen molar-refractivity contribution in [1.82, 2.24) is 14.6 Å². The molecular weight excluding hydrogens is 673 g/mol. The number of hydrogen-bond donors (Lipinski definition) is 4. The van der Waals surface area contributed by atoms with Gasteiger partial charge < -0.3 is 34.7 Å². The second-order valence-corrected chi connectivity index (χ2v) is 16.1. The number of nitrogens with zero attached hydrogens (tertiary/aromatic N) is 2. The third-order valence-corrected chi connectivity index (χ3v) is 11.7. The molecule has 2 aliphatic heterocycles. The summed E-state index contributed by atoms with van der Waals surface area (Å²) in [7, 11) is -4.14. The number of aliphatic imine (C=N–C) groups is 1. The molecule has 5 unspecified atom stereocenters. The molecule has 4 N–H and O–H groups in total. The number of aliphatic hydroxyl groups is 1. The van der Waals surface area contributed by atoms with Crippen LogP contribution in [-0.2, 0) is 30.7 Å². The van der Waals surface area contributed by atoms with E-state index in [4.69, 9.17) is 14.2 Å². The lowest BCUT2D eigenvalue weighted by Crippen LogP contribution is -2.51. The summed E-state index contributed by atoms with van der Waals surface area (Å²) in [6.07, 6.45) is 7.48. The fourth-order valence-electron chi connectivity index (χ4n) is 7.15. The number of nitrogens with one attached hydrogen (secondary N) is 2. The molecular formula is C38H50N4O8S. The van der Waals surface area contributed by atoms with Gasteiger partial charge in [-0.25, -0.2) is 13.2 Å². The van der Waals surface area contributed by atoms with Gasteiger partial charge in [0.25, 0.3) is 0 Å². The molecule has 1 amide bonds. The van der Waals surface area contributed by atoms with Gasteiger partial charge in [0.05, 0.1) is 41.7 Å². The molecule has 6 rings (SSSR count). The minimum atomic E-state index is -4.14. The van der Waals surface area contributed by atoms with Crippen LogP contribution >= 0.6 is 0 Å². The molecule has 3 aliphatic rings. The Kier molecular flexibility index (Phi) is 12.1. The molecule has 51 heavy (non-hydrogen) atoms. The minimum absolute atomic E-state index is 0.0189. The number of rotatable bonds is 15. The fourth-order valence-corrected chi connectivity index (χ4v) is 8.80. The number of fused-ring (bicyclic) bond motifs is 2. The lowest BCUT2D eigenvalue weighted by atomic mass is 9.97. The van der Waals surface area contributed by atoms with Crippen LogP contribution in [0, 0.1) is 11.8 Å². The van der Waals surface area contributed by atoms with E-state index in [0.717, 1.165) is 31.2 Å². The number of ether oxygens (including phenoxy) is 3. The first-order valence-electron chi connectivity index (χ1n) is 18.0. The average Bonchev–Trinajstić information content (AvgIpc) is 3.82. The van der Waals surface area contributed by atoms with Gasteiger partial charge in [-0.15, -0.1) is 0 Å². The smallest absolute Gasteiger partial charge is 0.407 e. The predicted octanol–water partition coefficient (Wildman–Crippen LogP) is 5.29. The van der Waals surface area contributed by atoms with Crippen molar-refractivity contribution in [3.8, 4) is 5.88 Å². The fraction of sp³-hybridized carbons (Fsp3) is 0.526. The Morgan fingerprint density at radius 2 is 1.98 bits per heavy atom. The van der Waals surface area contributed by atoms with Crippen molar-refractivity contribution in [2.45, 2.75) is 88.2 Å². The molecule has 2 aromatic carbocycles. The third-order valence-electron chi connectivity index (χ3n) is 9.86. The predicted molar refractivity (Wildman–Crippen MR) is 194 cm³/mol. The largest absolute Gasteiger partial charge is 0.494 e. The number of aromatic hydroxyl groups is 1. The maximum atomic E-state index is 14.3. The number of amides is 1. The Labute approximate surface area is 299 Å². The number of aliphatic hydroxyl groups excluding tert-OH is 1. The van der Waals surface area contributed by atoms with Crippen molar-refractivity contribution in [2.24, 2.45) is 16.8 Å². The van der Waals surface area contributed by atoms with E-state index in [1.807, 2.05) is 44.2 Å². The zero-order valence-corrected chi connectivity index (χ0v) is 30.2. The number of H-pyrrole nitrogens is 1. The molecule has 3 aromatic rings. The van der Waals surface area contributed by atoms with E-state index in [-0.39, 0.29) is 55.0 Å². The van der Waals surface area contributed by atoms with E-state index >= 15 is 0 Å². The number of hydrogen-bond acceptors (Lipinski definition) is 9. The number of carbonyl (C=O) groups excluding carboxylic acids is 1. The van der Waals surface area contributed by atoms with Crippen molar-refractivity contribution in [1.29, 1.82) is 0 Å². The number of alkyl carbamates (subject to hydrolysis) is 1. The van der Waals surface area contributed by atoms with Gasteiger partial charge in [-0.05, 0) is 74.6 Å². The van der Waals surface area contributed by atoms with Crippen LogP contribution < -0.4 is 5.32 Å². The van der Waals surface area contributed by atoms with Gasteiger partial charge in [-0.3, -0.25) is 4.99 Å². The summed E-state index contributed by atoms with van der Waals surface area (Å²) in [5, 5.41) is 25.7. The molecule has 12 nitrogen and oxygen atoms in total. The van der Waals surface area contributed by atoms with Crippen LogP contribution in [0.1, 0.15) is 63.5 Å². The lowest BCUT2D eigenvalue weighted by molar-refractivity contribution is -0.0907. The molecule has 0 saturated carbocycles. The van der Waals surface area contributed by atoms with Crippen LogP contribution in [0.5, 0.6) is 5.88 Å². The Hall–Kier alpha value is -3.75. The van der Waals surface area contributed by atoms with Crippen LogP contribution in [0.3, 0.4) is 0 Å². The maximum Gasteiger partial charge on any atom is 0.407 e. The number of benzene rings is 2. The highest BCUT2D eigenvalue weighted by Crippen LogP contribution is 2.33. The molecule has 13 heteroatoms. The highest BCUT2D eigenvalue weighted by molar-refractivity contribution is 7.89. The van der Waals surface area contributed by atoms with E-state index in [2.05, 4.69) is 21.4 Å². The topological polar surface area (TPSA) is 163 Å². The van der Waals surface area contributed by atoms with Crippen molar-refractivity contribution < 1.29 is 37.6 Å². The van der Waals surface area contributed by atoms with Gasteiger partial charge in [0.15, 0.2) is 12.2 Å². The molecule has 2 fully saturated rings. The number of aromatic nitrogens is 1. The first kappa shape index (κ1) is 37.0. The molecule has 1 aromatic heterocycles. The first-order chi connectivity index (χ1) is 24.6. The van der Waals surface area contributed by atoms with Gasteiger partial charge >= 0.3 is 6.09 Å². The molecule has 5 atom stereocenters. The van der Waals surface area contributed by atoms with Crippen molar-refractivity contribution in [2.75, 3.05) is 32.8 Å². The Morgan fingerprint density at radius 3 is 2.75 bits per heavy atom. The van der Waals surface area contributed by atoms with Crippen molar-refractivity contribution >= 4 is 33.2 Å². The highest BCUT2D eigenvalue weighted by Gasteiger charge is 2.44. The Bertz CT molecular complexity index is 1810. The Morgan fingerprint density at radius 1 is 1.16 bits per heavy atom. The number of aromatic amines is 1. The monoisotopic (exact) mass is 722 g/mol. The van der Waals surface area contributed by atoms with Crippen molar-refractivity contribution in [3.63, 3.8) is 0 Å². The van der Waals surface area contributed by atoms with Crippen LogP contribution in [-0.4, -0.2) is 97.6 Å². The van der Waals surface area contributed by atoms with Crippen molar-refractivity contribution in [3.05, 3.63) is 71.3 Å².